The number of rotatable bonds is 7. The van der Waals surface area contributed by atoms with Gasteiger partial charge in [-0.05, 0) is 54.7 Å². The second kappa shape index (κ2) is 11.8. The molecule has 0 radical (unpaired) electrons. The minimum atomic E-state index is -0.639. The molecule has 218 valence electrons. The Labute approximate surface area is 258 Å². The van der Waals surface area contributed by atoms with Crippen LogP contribution in [-0.4, -0.2) is 21.7 Å². The van der Waals surface area contributed by atoms with Gasteiger partial charge in [-0.2, -0.15) is 0 Å². The van der Waals surface area contributed by atoms with Crippen molar-refractivity contribution in [1.29, 1.82) is 0 Å². The molecule has 5 aromatic rings. The lowest BCUT2D eigenvalue weighted by atomic mass is 9.93. The second-order valence-corrected chi connectivity index (χ2v) is 12.4. The Bertz CT molecular complexity index is 2070. The average molecular weight is 610 g/mol. The first-order valence-corrected chi connectivity index (χ1v) is 15.6. The van der Waals surface area contributed by atoms with E-state index in [0.29, 0.717) is 38.1 Å². The number of benzene rings is 3. The van der Waals surface area contributed by atoms with E-state index in [9.17, 15) is 9.59 Å². The maximum absolute atomic E-state index is 14.2. The fraction of sp³-hybridized carbons (Fsp3) is 0.229. The molecular weight excluding hydrogens is 578 g/mol. The van der Waals surface area contributed by atoms with Gasteiger partial charge in [0.05, 0.1) is 28.5 Å². The topological polar surface area (TPSA) is 65.6 Å². The normalized spacial score (nSPS) is 15.2. The van der Waals surface area contributed by atoms with Crippen LogP contribution in [0, 0.1) is 0 Å². The van der Waals surface area contributed by atoms with E-state index >= 15 is 0 Å². The zero-order valence-electron chi connectivity index (χ0n) is 24.5. The molecule has 2 aromatic heterocycles. The molecule has 8 heteroatoms. The molecule has 0 spiro atoms. The van der Waals surface area contributed by atoms with E-state index in [0.717, 1.165) is 27.6 Å². The lowest BCUT2D eigenvalue weighted by Gasteiger charge is -2.25. The van der Waals surface area contributed by atoms with Gasteiger partial charge in [-0.15, -0.1) is 0 Å². The summed E-state index contributed by atoms with van der Waals surface area (Å²) in [7, 11) is 0. The Morgan fingerprint density at radius 3 is 2.51 bits per heavy atom. The van der Waals surface area contributed by atoms with Crippen molar-refractivity contribution in [3.63, 3.8) is 0 Å². The molecule has 1 aliphatic rings. The summed E-state index contributed by atoms with van der Waals surface area (Å²) in [6, 6.07) is 23.4. The fourth-order valence-electron chi connectivity index (χ4n) is 5.64. The number of nitrogens with zero attached hydrogens (tertiary/aromatic N) is 3. The third-order valence-corrected chi connectivity index (χ3v) is 9.19. The zero-order chi connectivity index (χ0) is 30.2. The lowest BCUT2D eigenvalue weighted by Crippen LogP contribution is -2.39. The average Bonchev–Trinajstić information content (AvgIpc) is 3.50. The highest BCUT2D eigenvalue weighted by atomic mass is 35.5. The van der Waals surface area contributed by atoms with Crippen LogP contribution in [0.2, 0.25) is 5.02 Å². The van der Waals surface area contributed by atoms with Crippen LogP contribution in [0.15, 0.2) is 100 Å². The van der Waals surface area contributed by atoms with Crippen molar-refractivity contribution in [3.05, 3.63) is 137 Å². The van der Waals surface area contributed by atoms with Gasteiger partial charge in [-0.25, -0.2) is 9.79 Å². The SMILES string of the molecule is CCOC(=O)C1=C(C)N=c2s/c(=C\c3cn(Cc4ccccc4Cl)c4ccccc34)c(=O)n2[C@H]1c1ccc(C(C)C)cc1. The molecule has 0 fully saturated rings. The predicted molar refractivity (Wildman–Crippen MR) is 173 cm³/mol. The first-order valence-electron chi connectivity index (χ1n) is 14.4. The number of carbonyl (C=O) groups excluding carboxylic acids is 1. The summed E-state index contributed by atoms with van der Waals surface area (Å²) < 4.78 is 9.78. The highest BCUT2D eigenvalue weighted by molar-refractivity contribution is 7.07. The van der Waals surface area contributed by atoms with Gasteiger partial charge in [0.1, 0.15) is 0 Å². The van der Waals surface area contributed by atoms with Gasteiger partial charge in [-0.1, -0.05) is 97.4 Å². The summed E-state index contributed by atoms with van der Waals surface area (Å²) in [6.45, 7) is 8.69. The van der Waals surface area contributed by atoms with Crippen LogP contribution in [0.3, 0.4) is 0 Å². The maximum atomic E-state index is 14.2. The van der Waals surface area contributed by atoms with Gasteiger partial charge >= 0.3 is 5.97 Å². The van der Waals surface area contributed by atoms with E-state index < -0.39 is 12.0 Å². The summed E-state index contributed by atoms with van der Waals surface area (Å²) in [5.74, 6) is -0.100. The Morgan fingerprint density at radius 2 is 1.79 bits per heavy atom. The van der Waals surface area contributed by atoms with Gasteiger partial charge in [0.2, 0.25) is 0 Å². The highest BCUT2D eigenvalue weighted by Crippen LogP contribution is 2.32. The van der Waals surface area contributed by atoms with Gasteiger partial charge in [-0.3, -0.25) is 9.36 Å². The number of allylic oxidation sites excluding steroid dienone is 1. The first-order chi connectivity index (χ1) is 20.8. The van der Waals surface area contributed by atoms with Crippen molar-refractivity contribution in [2.45, 2.75) is 46.2 Å². The Hall–Kier alpha value is -4.20. The number of esters is 1. The number of carbonyl (C=O) groups is 1. The smallest absolute Gasteiger partial charge is 0.338 e. The number of para-hydroxylation sites is 1. The number of fused-ring (bicyclic) bond motifs is 2. The van der Waals surface area contributed by atoms with Crippen molar-refractivity contribution < 1.29 is 9.53 Å². The molecule has 0 saturated carbocycles. The van der Waals surface area contributed by atoms with E-state index in [4.69, 9.17) is 21.3 Å². The molecular formula is C35H32ClN3O3S. The van der Waals surface area contributed by atoms with E-state index in [2.05, 4.69) is 48.9 Å². The third kappa shape index (κ3) is 5.39. The maximum Gasteiger partial charge on any atom is 0.338 e. The molecule has 0 saturated heterocycles. The van der Waals surface area contributed by atoms with Crippen LogP contribution < -0.4 is 14.9 Å². The standard InChI is InChI=1S/C35H32ClN3O3S/c1-5-42-34(41)31-22(4)37-35-39(32(31)24-16-14-23(15-17-24)21(2)3)33(40)30(43-35)18-26-20-38(29-13-9-7-11-27(26)29)19-25-10-6-8-12-28(25)36/h6-18,20-21,32H,5,19H2,1-4H3/b30-18-/t32-/m0/s1. The molecule has 1 atom stereocenters. The molecule has 6 rings (SSSR count). The number of ether oxygens (including phenoxy) is 1. The molecule has 0 aliphatic carbocycles. The van der Waals surface area contributed by atoms with Crippen LogP contribution in [-0.2, 0) is 16.1 Å². The molecule has 3 aromatic carbocycles. The minimum Gasteiger partial charge on any atom is -0.463 e. The predicted octanol–water partition coefficient (Wildman–Crippen LogP) is 6.58. The van der Waals surface area contributed by atoms with Crippen LogP contribution >= 0.6 is 22.9 Å². The summed E-state index contributed by atoms with van der Waals surface area (Å²) >= 11 is 7.81. The van der Waals surface area contributed by atoms with Crippen molar-refractivity contribution in [2.24, 2.45) is 4.99 Å². The minimum absolute atomic E-state index is 0.195. The molecule has 43 heavy (non-hydrogen) atoms. The monoisotopic (exact) mass is 609 g/mol. The number of halogens is 1. The van der Waals surface area contributed by atoms with E-state index in [1.54, 1.807) is 18.4 Å². The van der Waals surface area contributed by atoms with Crippen molar-refractivity contribution in [3.8, 4) is 0 Å². The third-order valence-electron chi connectivity index (χ3n) is 7.84. The molecule has 3 heterocycles. The van der Waals surface area contributed by atoms with Crippen LogP contribution in [0.1, 0.15) is 61.9 Å². The first kappa shape index (κ1) is 28.9. The van der Waals surface area contributed by atoms with Crippen molar-refractivity contribution >= 4 is 45.9 Å². The second-order valence-electron chi connectivity index (χ2n) is 10.9. The zero-order valence-corrected chi connectivity index (χ0v) is 26.1. The van der Waals surface area contributed by atoms with E-state index in [1.807, 2.05) is 54.6 Å². The molecule has 0 N–H and O–H groups in total. The van der Waals surface area contributed by atoms with Gasteiger partial charge in [0.25, 0.3) is 5.56 Å². The summed E-state index contributed by atoms with van der Waals surface area (Å²) in [4.78, 5) is 32.7. The molecule has 6 nitrogen and oxygen atoms in total. The fourth-order valence-corrected chi connectivity index (χ4v) is 6.88. The molecule has 0 bridgehead atoms. The molecule has 0 amide bonds. The molecule has 0 unspecified atom stereocenters. The number of hydrogen-bond donors (Lipinski definition) is 0. The number of hydrogen-bond acceptors (Lipinski definition) is 5. The van der Waals surface area contributed by atoms with Crippen LogP contribution in [0.4, 0.5) is 0 Å². The number of thiazole rings is 1. The lowest BCUT2D eigenvalue weighted by molar-refractivity contribution is -0.139. The summed E-state index contributed by atoms with van der Waals surface area (Å²) in [5.41, 5.74) is 5.75. The van der Waals surface area contributed by atoms with Gasteiger partial charge < -0.3 is 9.30 Å². The van der Waals surface area contributed by atoms with Crippen molar-refractivity contribution in [2.75, 3.05) is 6.61 Å². The molecule has 1 aliphatic heterocycles. The summed E-state index contributed by atoms with van der Waals surface area (Å²) in [6.07, 6.45) is 3.99. The Balaban J connectivity index is 1.51. The van der Waals surface area contributed by atoms with Crippen LogP contribution in [0.25, 0.3) is 17.0 Å². The Morgan fingerprint density at radius 1 is 1.07 bits per heavy atom. The summed E-state index contributed by atoms with van der Waals surface area (Å²) in [5, 5.41) is 1.74. The van der Waals surface area contributed by atoms with Gasteiger partial charge in [0, 0.05) is 34.2 Å². The van der Waals surface area contributed by atoms with Crippen molar-refractivity contribution in [1.82, 2.24) is 9.13 Å². The Kier molecular flexibility index (Phi) is 7.95. The van der Waals surface area contributed by atoms with Crippen LogP contribution in [0.5, 0.6) is 0 Å². The quantitative estimate of drug-likeness (QED) is 0.196. The number of aromatic nitrogens is 2. The highest BCUT2D eigenvalue weighted by Gasteiger charge is 2.33. The van der Waals surface area contributed by atoms with E-state index in [1.165, 1.54) is 16.9 Å². The van der Waals surface area contributed by atoms with Gasteiger partial charge in [0.15, 0.2) is 4.80 Å². The van der Waals surface area contributed by atoms with E-state index in [-0.39, 0.29) is 12.2 Å². The largest absolute Gasteiger partial charge is 0.463 e.